The van der Waals surface area contributed by atoms with Crippen LogP contribution in [0.15, 0.2) is 30.6 Å². The molecular formula is C9H12N4. The first-order valence-electron chi connectivity index (χ1n) is 4.20. The van der Waals surface area contributed by atoms with E-state index in [-0.39, 0.29) is 0 Å². The van der Waals surface area contributed by atoms with Crippen LogP contribution >= 0.6 is 0 Å². The average molecular weight is 176 g/mol. The van der Waals surface area contributed by atoms with Gasteiger partial charge in [-0.1, -0.05) is 0 Å². The average Bonchev–Trinajstić information content (AvgIpc) is 2.71. The number of nitrogens with one attached hydrogen (secondary N) is 2. The molecule has 13 heavy (non-hydrogen) atoms. The molecule has 0 aromatic carbocycles. The molecule has 0 atom stereocenters. The van der Waals surface area contributed by atoms with Crippen molar-refractivity contribution in [1.82, 2.24) is 14.8 Å². The summed E-state index contributed by atoms with van der Waals surface area (Å²) in [5, 5.41) is 7.41. The maximum absolute atomic E-state index is 4.20. The van der Waals surface area contributed by atoms with Crippen molar-refractivity contribution in [2.24, 2.45) is 7.05 Å². The number of aromatic nitrogens is 3. The van der Waals surface area contributed by atoms with E-state index in [0.717, 1.165) is 18.1 Å². The fourth-order valence-corrected chi connectivity index (χ4v) is 1.17. The lowest BCUT2D eigenvalue weighted by atomic mass is 10.4. The van der Waals surface area contributed by atoms with Gasteiger partial charge in [-0.25, -0.2) is 0 Å². The van der Waals surface area contributed by atoms with Gasteiger partial charge in [0.1, 0.15) is 5.82 Å². The summed E-state index contributed by atoms with van der Waals surface area (Å²) in [6, 6.07) is 5.97. The zero-order valence-corrected chi connectivity index (χ0v) is 7.49. The molecule has 0 saturated heterocycles. The largest absolute Gasteiger partial charge is 0.364 e. The standard InChI is InChI=1S/C9H12N4/c1-13-6-4-9(12-13)11-7-8-3-2-5-10-8/h2-6,10H,7H2,1H3,(H,11,12). The maximum Gasteiger partial charge on any atom is 0.148 e. The number of hydrogen-bond acceptors (Lipinski definition) is 2. The monoisotopic (exact) mass is 176 g/mol. The fourth-order valence-electron chi connectivity index (χ4n) is 1.17. The minimum absolute atomic E-state index is 0.782. The second-order valence-corrected chi connectivity index (χ2v) is 2.92. The van der Waals surface area contributed by atoms with E-state index in [1.165, 1.54) is 0 Å². The van der Waals surface area contributed by atoms with Gasteiger partial charge in [-0.15, -0.1) is 0 Å². The van der Waals surface area contributed by atoms with Crippen LogP contribution in [0.2, 0.25) is 0 Å². The molecule has 0 amide bonds. The third kappa shape index (κ3) is 1.90. The Balaban J connectivity index is 1.93. The molecule has 2 aromatic heterocycles. The van der Waals surface area contributed by atoms with Gasteiger partial charge < -0.3 is 10.3 Å². The Bertz CT molecular complexity index is 361. The highest BCUT2D eigenvalue weighted by Gasteiger charge is 1.95. The molecule has 0 bridgehead atoms. The number of nitrogens with zero attached hydrogens (tertiary/aromatic N) is 2. The molecule has 0 spiro atoms. The summed E-state index contributed by atoms with van der Waals surface area (Å²) in [6.45, 7) is 0.782. The first-order chi connectivity index (χ1) is 6.34. The number of H-pyrrole nitrogens is 1. The van der Waals surface area contributed by atoms with Gasteiger partial charge in [0, 0.05) is 31.2 Å². The van der Waals surface area contributed by atoms with Gasteiger partial charge in [0.15, 0.2) is 0 Å². The SMILES string of the molecule is Cn1ccc(NCc2ccc[nH]2)n1. The van der Waals surface area contributed by atoms with Crippen LogP contribution in [-0.2, 0) is 13.6 Å². The van der Waals surface area contributed by atoms with Crippen LogP contribution in [0.25, 0.3) is 0 Å². The zero-order valence-electron chi connectivity index (χ0n) is 7.49. The zero-order chi connectivity index (χ0) is 9.10. The van der Waals surface area contributed by atoms with Gasteiger partial charge in [-0.05, 0) is 12.1 Å². The van der Waals surface area contributed by atoms with Crippen LogP contribution in [-0.4, -0.2) is 14.8 Å². The summed E-state index contributed by atoms with van der Waals surface area (Å²) in [5.74, 6) is 0.900. The number of rotatable bonds is 3. The molecule has 2 heterocycles. The van der Waals surface area contributed by atoms with Crippen LogP contribution in [0.1, 0.15) is 5.69 Å². The topological polar surface area (TPSA) is 45.6 Å². The Morgan fingerprint density at radius 3 is 3.08 bits per heavy atom. The van der Waals surface area contributed by atoms with Crippen LogP contribution < -0.4 is 5.32 Å². The maximum atomic E-state index is 4.20. The summed E-state index contributed by atoms with van der Waals surface area (Å²) in [4.78, 5) is 3.12. The van der Waals surface area contributed by atoms with E-state index in [9.17, 15) is 0 Å². The molecule has 0 unspecified atom stereocenters. The van der Waals surface area contributed by atoms with E-state index in [4.69, 9.17) is 0 Å². The van der Waals surface area contributed by atoms with Crippen LogP contribution in [0.3, 0.4) is 0 Å². The minimum atomic E-state index is 0.782. The van der Waals surface area contributed by atoms with E-state index in [2.05, 4.69) is 15.4 Å². The number of aryl methyl sites for hydroxylation is 1. The third-order valence-electron chi connectivity index (χ3n) is 1.84. The molecule has 0 aliphatic heterocycles. The van der Waals surface area contributed by atoms with E-state index >= 15 is 0 Å². The Labute approximate surface area is 76.6 Å². The molecule has 0 aliphatic carbocycles. The fraction of sp³-hybridized carbons (Fsp3) is 0.222. The molecule has 2 rings (SSSR count). The van der Waals surface area contributed by atoms with Crippen LogP contribution in [0.4, 0.5) is 5.82 Å². The quantitative estimate of drug-likeness (QED) is 0.741. The molecule has 0 fully saturated rings. The molecule has 68 valence electrons. The second-order valence-electron chi connectivity index (χ2n) is 2.92. The highest BCUT2D eigenvalue weighted by molar-refractivity contribution is 5.32. The molecule has 0 saturated carbocycles. The van der Waals surface area contributed by atoms with Gasteiger partial charge in [-0.3, -0.25) is 4.68 Å². The first-order valence-corrected chi connectivity index (χ1v) is 4.20. The molecule has 2 N–H and O–H groups in total. The lowest BCUT2D eigenvalue weighted by Gasteiger charge is -1.99. The molecule has 0 aliphatic rings. The van der Waals surface area contributed by atoms with Gasteiger partial charge in [0.05, 0.1) is 6.54 Å². The highest BCUT2D eigenvalue weighted by atomic mass is 15.3. The van der Waals surface area contributed by atoms with E-state index < -0.39 is 0 Å². The van der Waals surface area contributed by atoms with E-state index in [1.807, 2.05) is 37.6 Å². The summed E-state index contributed by atoms with van der Waals surface area (Å²) in [6.07, 6.45) is 3.83. The van der Waals surface area contributed by atoms with Gasteiger partial charge in [0.25, 0.3) is 0 Å². The molecule has 4 nitrogen and oxygen atoms in total. The van der Waals surface area contributed by atoms with Crippen molar-refractivity contribution in [3.8, 4) is 0 Å². The van der Waals surface area contributed by atoms with Crippen molar-refractivity contribution < 1.29 is 0 Å². The summed E-state index contributed by atoms with van der Waals surface area (Å²) in [7, 11) is 1.90. The number of aromatic amines is 1. The van der Waals surface area contributed by atoms with Crippen LogP contribution in [0, 0.1) is 0 Å². The molecular weight excluding hydrogens is 164 g/mol. The van der Waals surface area contributed by atoms with Crippen molar-refractivity contribution in [1.29, 1.82) is 0 Å². The Morgan fingerprint density at radius 2 is 2.46 bits per heavy atom. The smallest absolute Gasteiger partial charge is 0.148 e. The van der Waals surface area contributed by atoms with Gasteiger partial charge in [-0.2, -0.15) is 5.10 Å². The van der Waals surface area contributed by atoms with Crippen LogP contribution in [0.5, 0.6) is 0 Å². The lowest BCUT2D eigenvalue weighted by molar-refractivity contribution is 0.768. The van der Waals surface area contributed by atoms with E-state index in [0.29, 0.717) is 0 Å². The number of anilines is 1. The highest BCUT2D eigenvalue weighted by Crippen LogP contribution is 2.03. The third-order valence-corrected chi connectivity index (χ3v) is 1.84. The molecule has 0 radical (unpaired) electrons. The predicted molar refractivity (Wildman–Crippen MR) is 51.3 cm³/mol. The van der Waals surface area contributed by atoms with E-state index in [1.54, 1.807) is 4.68 Å². The normalized spacial score (nSPS) is 10.2. The molecule has 2 aromatic rings. The number of hydrogen-bond donors (Lipinski definition) is 2. The van der Waals surface area contributed by atoms with Crippen molar-refractivity contribution in [2.45, 2.75) is 6.54 Å². The van der Waals surface area contributed by atoms with Crippen molar-refractivity contribution >= 4 is 5.82 Å². The minimum Gasteiger partial charge on any atom is -0.364 e. The first kappa shape index (κ1) is 7.91. The second kappa shape index (κ2) is 3.35. The van der Waals surface area contributed by atoms with Crippen molar-refractivity contribution in [3.05, 3.63) is 36.3 Å². The Morgan fingerprint density at radius 1 is 1.54 bits per heavy atom. The van der Waals surface area contributed by atoms with Crippen molar-refractivity contribution in [2.75, 3.05) is 5.32 Å². The van der Waals surface area contributed by atoms with Crippen molar-refractivity contribution in [3.63, 3.8) is 0 Å². The summed E-state index contributed by atoms with van der Waals surface area (Å²) >= 11 is 0. The Hall–Kier alpha value is -1.71. The lowest BCUT2D eigenvalue weighted by Crippen LogP contribution is -2.00. The van der Waals surface area contributed by atoms with Gasteiger partial charge >= 0.3 is 0 Å². The summed E-state index contributed by atoms with van der Waals surface area (Å²) in [5.41, 5.74) is 1.16. The van der Waals surface area contributed by atoms with Gasteiger partial charge in [0.2, 0.25) is 0 Å². The molecule has 4 heteroatoms. The summed E-state index contributed by atoms with van der Waals surface area (Å²) < 4.78 is 1.77. The predicted octanol–water partition coefficient (Wildman–Crippen LogP) is 1.36. The Kier molecular flexibility index (Phi) is 2.04.